The van der Waals surface area contributed by atoms with Crippen molar-refractivity contribution < 1.29 is 22.3 Å². The van der Waals surface area contributed by atoms with Gasteiger partial charge in [0.15, 0.2) is 0 Å². The Kier molecular flexibility index (Phi) is 5.74. The van der Waals surface area contributed by atoms with E-state index in [9.17, 15) is 17.6 Å². The monoisotopic (exact) mass is 436 g/mol. The van der Waals surface area contributed by atoms with Gasteiger partial charge in [0.05, 0.1) is 24.3 Å². The maximum absolute atomic E-state index is 13.5. The van der Waals surface area contributed by atoms with Crippen molar-refractivity contribution in [1.29, 1.82) is 0 Å². The van der Waals surface area contributed by atoms with E-state index in [0.29, 0.717) is 17.7 Å². The van der Waals surface area contributed by atoms with E-state index in [1.54, 1.807) is 19.2 Å². The second-order valence-electron chi connectivity index (χ2n) is 8.30. The average Bonchev–Trinajstić information content (AvgIpc) is 3.11. The number of piperidine rings is 1. The van der Waals surface area contributed by atoms with Crippen molar-refractivity contribution in [2.75, 3.05) is 26.7 Å². The molecule has 1 saturated heterocycles. The van der Waals surface area contributed by atoms with Gasteiger partial charge >= 0.3 is 6.18 Å². The Morgan fingerprint density at radius 3 is 2.39 bits per heavy atom. The lowest BCUT2D eigenvalue weighted by atomic mass is 9.73. The van der Waals surface area contributed by atoms with Crippen LogP contribution in [0.5, 0.6) is 0 Å². The highest BCUT2D eigenvalue weighted by atomic mass is 19.4. The number of hydrogen-bond donors (Lipinski definition) is 0. The maximum Gasteiger partial charge on any atom is 0.416 e. The summed E-state index contributed by atoms with van der Waals surface area (Å²) < 4.78 is 61.0. The van der Waals surface area contributed by atoms with Crippen molar-refractivity contribution >= 4 is 11.0 Å². The highest BCUT2D eigenvalue weighted by Gasteiger charge is 2.36. The fraction of sp³-hybridized carbons (Fsp3) is 0.455. The molecule has 1 aliphatic heterocycles. The Labute approximate surface area is 177 Å². The van der Waals surface area contributed by atoms with Crippen LogP contribution in [-0.2, 0) is 30.0 Å². The molecule has 5 nitrogen and oxygen atoms in total. The van der Waals surface area contributed by atoms with Crippen LogP contribution in [0.2, 0.25) is 0 Å². The first kappa shape index (κ1) is 21.7. The van der Waals surface area contributed by atoms with Gasteiger partial charge in [-0.3, -0.25) is 0 Å². The van der Waals surface area contributed by atoms with E-state index in [2.05, 4.69) is 15.2 Å². The molecule has 3 aromatic rings. The summed E-state index contributed by atoms with van der Waals surface area (Å²) in [7, 11) is 3.69. The summed E-state index contributed by atoms with van der Waals surface area (Å²) in [4.78, 5) is 2.22. The van der Waals surface area contributed by atoms with Crippen LogP contribution in [0.4, 0.5) is 17.6 Å². The lowest BCUT2D eigenvalue weighted by molar-refractivity contribution is -0.137. The van der Waals surface area contributed by atoms with Crippen LogP contribution in [0.3, 0.4) is 0 Å². The maximum atomic E-state index is 13.5. The zero-order valence-corrected chi connectivity index (χ0v) is 17.4. The first-order chi connectivity index (χ1) is 14.7. The van der Waals surface area contributed by atoms with Crippen LogP contribution < -0.4 is 0 Å². The third-order valence-corrected chi connectivity index (χ3v) is 6.14. The van der Waals surface area contributed by atoms with Gasteiger partial charge in [-0.15, -0.1) is 5.10 Å². The number of halogens is 4. The van der Waals surface area contributed by atoms with E-state index in [4.69, 9.17) is 4.74 Å². The molecular weight excluding hydrogens is 412 g/mol. The van der Waals surface area contributed by atoms with Crippen molar-refractivity contribution in [1.82, 2.24) is 19.9 Å². The third kappa shape index (κ3) is 4.43. The quantitative estimate of drug-likeness (QED) is 0.560. The standard InChI is InChI=1S/C22H24F4N4O/c1-29-9-7-21(8-10-29,16-3-5-18(23)6-4-16)14-31-13-15-11-17(22(24,25)26)12-19-20(15)30(2)28-27-19/h3-6,11-12H,7-10,13-14H2,1-2H3. The van der Waals surface area contributed by atoms with Crippen LogP contribution >= 0.6 is 0 Å². The molecule has 1 aliphatic rings. The Balaban J connectivity index is 1.60. The van der Waals surface area contributed by atoms with Gasteiger partial charge in [-0.1, -0.05) is 17.3 Å². The van der Waals surface area contributed by atoms with E-state index >= 15 is 0 Å². The smallest absolute Gasteiger partial charge is 0.376 e. The molecule has 0 radical (unpaired) electrons. The average molecular weight is 436 g/mol. The molecule has 4 rings (SSSR count). The van der Waals surface area contributed by atoms with Gasteiger partial charge in [0.1, 0.15) is 11.3 Å². The van der Waals surface area contributed by atoms with Gasteiger partial charge in [-0.2, -0.15) is 13.2 Å². The number of fused-ring (bicyclic) bond motifs is 1. The molecule has 0 aliphatic carbocycles. The fourth-order valence-electron chi connectivity index (χ4n) is 4.28. The molecule has 0 spiro atoms. The predicted octanol–water partition coefficient (Wildman–Crippen LogP) is 4.31. The molecule has 1 fully saturated rings. The van der Waals surface area contributed by atoms with Crippen molar-refractivity contribution in [2.24, 2.45) is 7.05 Å². The number of aryl methyl sites for hydroxylation is 1. The zero-order chi connectivity index (χ0) is 22.2. The minimum atomic E-state index is -4.48. The van der Waals surface area contributed by atoms with Crippen molar-refractivity contribution in [3.8, 4) is 0 Å². The summed E-state index contributed by atoms with van der Waals surface area (Å²) in [6.07, 6.45) is -2.84. The van der Waals surface area contributed by atoms with Crippen LogP contribution in [0.1, 0.15) is 29.5 Å². The molecule has 9 heteroatoms. The number of hydrogen-bond acceptors (Lipinski definition) is 4. The number of likely N-dealkylation sites (tertiary alicyclic amines) is 1. The van der Waals surface area contributed by atoms with E-state index in [1.807, 2.05) is 7.05 Å². The Morgan fingerprint density at radius 1 is 1.06 bits per heavy atom. The summed E-state index contributed by atoms with van der Waals surface area (Å²) in [5.41, 5.74) is 0.992. The molecule has 31 heavy (non-hydrogen) atoms. The number of aromatic nitrogens is 3. The Hall–Kier alpha value is -2.52. The van der Waals surface area contributed by atoms with E-state index in [-0.39, 0.29) is 23.4 Å². The van der Waals surface area contributed by atoms with Gasteiger partial charge < -0.3 is 9.64 Å². The molecule has 0 amide bonds. The van der Waals surface area contributed by atoms with E-state index in [0.717, 1.165) is 43.6 Å². The number of alkyl halides is 3. The molecule has 0 N–H and O–H groups in total. The fourth-order valence-corrected chi connectivity index (χ4v) is 4.28. The SMILES string of the molecule is CN1CCC(COCc2cc(C(F)(F)F)cc3nnn(C)c23)(c2ccc(F)cc2)CC1. The number of rotatable bonds is 5. The normalized spacial score (nSPS) is 17.4. The summed E-state index contributed by atoms with van der Waals surface area (Å²) in [5, 5.41) is 7.70. The molecule has 2 aromatic carbocycles. The molecular formula is C22H24F4N4O. The second-order valence-corrected chi connectivity index (χ2v) is 8.30. The second kappa shape index (κ2) is 8.20. The number of benzene rings is 2. The van der Waals surface area contributed by atoms with Gasteiger partial charge in [-0.25, -0.2) is 9.07 Å². The van der Waals surface area contributed by atoms with Crippen LogP contribution in [-0.4, -0.2) is 46.6 Å². The van der Waals surface area contributed by atoms with Gasteiger partial charge in [0, 0.05) is 18.0 Å². The highest BCUT2D eigenvalue weighted by molar-refractivity contribution is 5.79. The highest BCUT2D eigenvalue weighted by Crippen LogP contribution is 2.37. The Morgan fingerprint density at radius 2 is 1.74 bits per heavy atom. The lowest BCUT2D eigenvalue weighted by Crippen LogP contribution is -2.43. The number of ether oxygens (including phenoxy) is 1. The summed E-state index contributed by atoms with van der Waals surface area (Å²) in [6.45, 7) is 2.05. The van der Waals surface area contributed by atoms with E-state index < -0.39 is 11.7 Å². The summed E-state index contributed by atoms with van der Waals surface area (Å²) in [6, 6.07) is 8.53. The molecule has 0 saturated carbocycles. The first-order valence-electron chi connectivity index (χ1n) is 10.1. The van der Waals surface area contributed by atoms with Crippen molar-refractivity contribution in [3.63, 3.8) is 0 Å². The molecule has 0 bridgehead atoms. The summed E-state index contributed by atoms with van der Waals surface area (Å²) in [5.74, 6) is -0.303. The van der Waals surface area contributed by atoms with Gasteiger partial charge in [-0.05, 0) is 62.8 Å². The molecule has 2 heterocycles. The molecule has 166 valence electrons. The lowest BCUT2D eigenvalue weighted by Gasteiger charge is -2.41. The summed E-state index contributed by atoms with van der Waals surface area (Å²) >= 11 is 0. The van der Waals surface area contributed by atoms with E-state index in [1.165, 1.54) is 16.8 Å². The van der Waals surface area contributed by atoms with Gasteiger partial charge in [0.2, 0.25) is 0 Å². The zero-order valence-electron chi connectivity index (χ0n) is 17.4. The first-order valence-corrected chi connectivity index (χ1v) is 10.1. The molecule has 0 atom stereocenters. The molecule has 0 unspecified atom stereocenters. The minimum Gasteiger partial charge on any atom is -0.376 e. The van der Waals surface area contributed by atoms with Crippen LogP contribution in [0.15, 0.2) is 36.4 Å². The molecule has 1 aromatic heterocycles. The minimum absolute atomic E-state index is 0.000414. The topological polar surface area (TPSA) is 43.2 Å². The van der Waals surface area contributed by atoms with Gasteiger partial charge in [0.25, 0.3) is 0 Å². The van der Waals surface area contributed by atoms with Crippen LogP contribution in [0.25, 0.3) is 11.0 Å². The predicted molar refractivity (Wildman–Crippen MR) is 108 cm³/mol. The number of nitrogens with zero attached hydrogens (tertiary/aromatic N) is 4. The largest absolute Gasteiger partial charge is 0.416 e. The van der Waals surface area contributed by atoms with Crippen molar-refractivity contribution in [3.05, 3.63) is 58.9 Å². The van der Waals surface area contributed by atoms with Crippen molar-refractivity contribution in [2.45, 2.75) is 31.0 Å². The van der Waals surface area contributed by atoms with Crippen LogP contribution in [0, 0.1) is 5.82 Å². The Bertz CT molecular complexity index is 1050. The third-order valence-electron chi connectivity index (χ3n) is 6.14.